The molecule has 1 heterocycles. The molecule has 1 unspecified atom stereocenters. The fourth-order valence-corrected chi connectivity index (χ4v) is 4.82. The number of carbonyl (C=O) groups is 1. The van der Waals surface area contributed by atoms with Crippen LogP contribution in [0.3, 0.4) is 0 Å². The third-order valence-electron chi connectivity index (χ3n) is 6.99. The van der Waals surface area contributed by atoms with Gasteiger partial charge in [0.05, 0.1) is 25.9 Å². The summed E-state index contributed by atoms with van der Waals surface area (Å²) < 4.78 is 12.1. The first-order valence-electron chi connectivity index (χ1n) is 13.8. The Balaban J connectivity index is 1.87. The molecule has 1 amide bonds. The summed E-state index contributed by atoms with van der Waals surface area (Å²) in [6, 6.07) is 20.7. The molecule has 0 saturated carbocycles. The largest absolute Gasteiger partial charge is 0.494 e. The van der Waals surface area contributed by atoms with Crippen LogP contribution < -0.4 is 10.1 Å². The molecular formula is C30H32N8O6. The number of aliphatic hydroxyl groups excluding tert-OH is 3. The number of hydrogen-bond donors (Lipinski definition) is 4. The molecule has 1 aliphatic heterocycles. The molecule has 14 heteroatoms. The summed E-state index contributed by atoms with van der Waals surface area (Å²) in [6.45, 7) is -0.449. The van der Waals surface area contributed by atoms with Gasteiger partial charge in [-0.3, -0.25) is 4.79 Å². The summed E-state index contributed by atoms with van der Waals surface area (Å²) in [6.07, 6.45) is -1.86. The Hall–Kier alpha value is -5.10. The zero-order valence-electron chi connectivity index (χ0n) is 23.7. The zero-order chi connectivity index (χ0) is 31.4. The van der Waals surface area contributed by atoms with E-state index < -0.39 is 30.3 Å². The number of rotatable bonds is 15. The van der Waals surface area contributed by atoms with E-state index in [2.05, 4.69) is 25.4 Å². The van der Waals surface area contributed by atoms with Crippen molar-refractivity contribution in [1.29, 1.82) is 0 Å². The Morgan fingerprint density at radius 3 is 2.48 bits per heavy atom. The van der Waals surface area contributed by atoms with Gasteiger partial charge in [0, 0.05) is 52.6 Å². The van der Waals surface area contributed by atoms with Crippen LogP contribution in [-0.4, -0.2) is 65.1 Å². The lowest BCUT2D eigenvalue weighted by Crippen LogP contribution is -2.51. The fraction of sp³-hybridized carbons (Fsp3) is 0.333. The second-order valence-electron chi connectivity index (χ2n) is 9.92. The van der Waals surface area contributed by atoms with Gasteiger partial charge in [0.1, 0.15) is 5.75 Å². The van der Waals surface area contributed by atoms with Crippen molar-refractivity contribution in [2.24, 2.45) is 15.2 Å². The molecule has 0 bridgehead atoms. The molecule has 44 heavy (non-hydrogen) atoms. The third-order valence-corrected chi connectivity index (χ3v) is 6.99. The number of hydrogen-bond acceptors (Lipinski definition) is 9. The monoisotopic (exact) mass is 600 g/mol. The Kier molecular flexibility index (Phi) is 11.1. The van der Waals surface area contributed by atoms with Gasteiger partial charge in [-0.2, -0.15) is 0 Å². The number of azide groups is 2. The molecular weight excluding hydrogens is 568 g/mol. The van der Waals surface area contributed by atoms with Crippen molar-refractivity contribution >= 4 is 17.5 Å². The van der Waals surface area contributed by atoms with Gasteiger partial charge in [-0.25, -0.2) is 4.99 Å². The van der Waals surface area contributed by atoms with Crippen LogP contribution in [0.2, 0.25) is 0 Å². The van der Waals surface area contributed by atoms with Crippen molar-refractivity contribution in [3.8, 4) is 5.75 Å². The molecule has 0 aromatic heterocycles. The molecule has 4 rings (SSSR count). The van der Waals surface area contributed by atoms with Crippen LogP contribution in [0.15, 0.2) is 88.0 Å². The molecule has 3 aromatic carbocycles. The summed E-state index contributed by atoms with van der Waals surface area (Å²) in [7, 11) is 0. The van der Waals surface area contributed by atoms with E-state index in [0.717, 1.165) is 0 Å². The number of benzene rings is 3. The van der Waals surface area contributed by atoms with Crippen LogP contribution in [0.4, 0.5) is 5.69 Å². The molecule has 228 valence electrons. The molecule has 14 nitrogen and oxygen atoms in total. The first kappa shape index (κ1) is 31.8. The minimum atomic E-state index is -1.70. The van der Waals surface area contributed by atoms with Gasteiger partial charge in [-0.15, -0.1) is 0 Å². The highest BCUT2D eigenvalue weighted by atomic mass is 16.5. The maximum absolute atomic E-state index is 14.2. The summed E-state index contributed by atoms with van der Waals surface area (Å²) in [5, 5.41) is 38.7. The van der Waals surface area contributed by atoms with E-state index in [1.807, 2.05) is 0 Å². The molecule has 3 aromatic rings. The van der Waals surface area contributed by atoms with Crippen LogP contribution >= 0.6 is 0 Å². The van der Waals surface area contributed by atoms with Crippen LogP contribution in [-0.2, 0) is 22.5 Å². The molecule has 1 aliphatic rings. The Bertz CT molecular complexity index is 1570. The second-order valence-corrected chi connectivity index (χ2v) is 9.92. The Morgan fingerprint density at radius 1 is 1.05 bits per heavy atom. The summed E-state index contributed by atoms with van der Waals surface area (Å²) >= 11 is 0. The van der Waals surface area contributed by atoms with E-state index in [0.29, 0.717) is 41.0 Å². The highest BCUT2D eigenvalue weighted by molar-refractivity contribution is 6.01. The molecule has 0 saturated heterocycles. The van der Waals surface area contributed by atoms with Crippen molar-refractivity contribution in [3.05, 3.63) is 116 Å². The van der Waals surface area contributed by atoms with Gasteiger partial charge >= 0.3 is 0 Å². The van der Waals surface area contributed by atoms with E-state index >= 15 is 0 Å². The van der Waals surface area contributed by atoms with Gasteiger partial charge in [0.2, 0.25) is 5.90 Å². The average Bonchev–Trinajstić information content (AvgIpc) is 3.44. The lowest BCUT2D eigenvalue weighted by atomic mass is 9.80. The standard InChI is InChI=1S/C30H32N8O6/c31-37-34-17-22-7-2-1-6-21(22)16-30(29(42)33-18-23(41)19-40)27(25-8-3-4-9-26(25)36-38-32)44-28(35-30)20-10-12-24(13-11-20)43-15-5-14-39/h1-4,6-13,23,27,39-41H,5,14-19H2,(H,33,42)/t23?,27-,30-/m0/s1. The fourth-order valence-electron chi connectivity index (χ4n) is 4.82. The van der Waals surface area contributed by atoms with Crippen LogP contribution in [0.1, 0.15) is 34.8 Å². The lowest BCUT2D eigenvalue weighted by molar-refractivity contribution is -0.129. The SMILES string of the molecule is [N-]=[N+]=NCc1ccccc1C[C@]1(C(=O)NCC(O)CO)N=C(c2ccc(OCCCO)cc2)O[C@H]1c1ccccc1N=[N+]=[N-]. The van der Waals surface area contributed by atoms with Crippen molar-refractivity contribution in [2.45, 2.75) is 37.1 Å². The maximum Gasteiger partial charge on any atom is 0.252 e. The number of aliphatic imine (C=N–C) groups is 1. The summed E-state index contributed by atoms with van der Waals surface area (Å²) in [5.74, 6) is 0.0985. The van der Waals surface area contributed by atoms with Crippen molar-refractivity contribution < 1.29 is 29.6 Å². The molecule has 0 spiro atoms. The lowest BCUT2D eigenvalue weighted by Gasteiger charge is -2.32. The number of ether oxygens (including phenoxy) is 2. The molecule has 0 fully saturated rings. The van der Waals surface area contributed by atoms with Crippen molar-refractivity contribution in [3.63, 3.8) is 0 Å². The van der Waals surface area contributed by atoms with Gasteiger partial charge < -0.3 is 30.1 Å². The van der Waals surface area contributed by atoms with Crippen molar-refractivity contribution in [2.75, 3.05) is 26.4 Å². The minimum Gasteiger partial charge on any atom is -0.494 e. The predicted molar refractivity (Wildman–Crippen MR) is 161 cm³/mol. The number of nitrogens with one attached hydrogen (secondary N) is 1. The average molecular weight is 601 g/mol. The number of amides is 1. The minimum absolute atomic E-state index is 0.00685. The first-order valence-corrected chi connectivity index (χ1v) is 13.8. The van der Waals surface area contributed by atoms with Gasteiger partial charge in [0.25, 0.3) is 5.91 Å². The van der Waals surface area contributed by atoms with Gasteiger partial charge in [0.15, 0.2) is 11.6 Å². The summed E-state index contributed by atoms with van der Waals surface area (Å²) in [4.78, 5) is 24.9. The van der Waals surface area contributed by atoms with Gasteiger partial charge in [-0.1, -0.05) is 58.8 Å². The topological polar surface area (TPSA) is 218 Å². The van der Waals surface area contributed by atoms with Crippen LogP contribution in [0, 0.1) is 0 Å². The quantitative estimate of drug-likeness (QED) is 0.0867. The zero-order valence-corrected chi connectivity index (χ0v) is 23.7. The molecule has 3 atom stereocenters. The van der Waals surface area contributed by atoms with Crippen LogP contribution in [0.5, 0.6) is 5.75 Å². The van der Waals surface area contributed by atoms with Crippen molar-refractivity contribution in [1.82, 2.24) is 5.32 Å². The Labute approximate surface area is 252 Å². The number of aliphatic hydroxyl groups is 3. The van der Waals surface area contributed by atoms with E-state index in [-0.39, 0.29) is 37.7 Å². The number of carbonyl (C=O) groups excluding carboxylic acids is 1. The van der Waals surface area contributed by atoms with E-state index in [1.54, 1.807) is 72.8 Å². The molecule has 0 aliphatic carbocycles. The highest BCUT2D eigenvalue weighted by Gasteiger charge is 2.54. The first-order chi connectivity index (χ1) is 21.4. The smallest absolute Gasteiger partial charge is 0.252 e. The van der Waals surface area contributed by atoms with E-state index in [9.17, 15) is 20.5 Å². The third kappa shape index (κ3) is 7.45. The molecule has 0 radical (unpaired) electrons. The second kappa shape index (κ2) is 15.4. The van der Waals surface area contributed by atoms with E-state index in [4.69, 9.17) is 25.1 Å². The van der Waals surface area contributed by atoms with Crippen LogP contribution in [0.25, 0.3) is 20.9 Å². The normalized spacial score (nSPS) is 17.8. The predicted octanol–water partition coefficient (Wildman–Crippen LogP) is 4.17. The molecule has 4 N–H and O–H groups in total. The van der Waals surface area contributed by atoms with E-state index in [1.165, 1.54) is 0 Å². The Morgan fingerprint density at radius 2 is 1.77 bits per heavy atom. The summed E-state index contributed by atoms with van der Waals surface area (Å²) in [5.41, 5.74) is 19.0. The van der Waals surface area contributed by atoms with Gasteiger partial charge in [-0.05, 0) is 46.5 Å². The maximum atomic E-state index is 14.2. The highest BCUT2D eigenvalue weighted by Crippen LogP contribution is 2.45. The number of nitrogens with zero attached hydrogens (tertiary/aromatic N) is 7.